The quantitative estimate of drug-likeness (QED) is 0.871. The number of aryl methyl sites for hydroxylation is 1. The Morgan fingerprint density at radius 1 is 1.35 bits per heavy atom. The molecule has 0 spiro atoms. The van der Waals surface area contributed by atoms with E-state index in [9.17, 15) is 0 Å². The summed E-state index contributed by atoms with van der Waals surface area (Å²) < 4.78 is 7.67. The minimum atomic E-state index is 0.244. The molecule has 1 saturated heterocycles. The Morgan fingerprint density at radius 2 is 2.00 bits per heavy atom. The number of ether oxygens (including phenoxy) is 1. The fourth-order valence-corrected chi connectivity index (χ4v) is 2.42. The van der Waals surface area contributed by atoms with Gasteiger partial charge in [0.1, 0.15) is 0 Å². The zero-order valence-electron chi connectivity index (χ0n) is 11.5. The number of hydrogen-bond donors (Lipinski definition) is 1. The van der Waals surface area contributed by atoms with E-state index in [1.54, 1.807) is 0 Å². The Morgan fingerprint density at radius 3 is 2.53 bits per heavy atom. The molecule has 0 saturated carbocycles. The molecule has 3 nitrogen and oxygen atoms in total. The minimum absolute atomic E-state index is 0.244. The molecule has 0 atom stereocenters. The molecular weight excluding hydrogens is 212 g/mol. The van der Waals surface area contributed by atoms with Crippen molar-refractivity contribution in [3.8, 4) is 0 Å². The summed E-state index contributed by atoms with van der Waals surface area (Å²) in [5.74, 6) is 0. The van der Waals surface area contributed by atoms with Crippen LogP contribution in [0.4, 0.5) is 0 Å². The van der Waals surface area contributed by atoms with Crippen LogP contribution >= 0.6 is 0 Å². The van der Waals surface area contributed by atoms with Crippen molar-refractivity contribution in [1.29, 1.82) is 0 Å². The summed E-state index contributed by atoms with van der Waals surface area (Å²) in [7, 11) is 2.13. The fourth-order valence-electron chi connectivity index (χ4n) is 2.42. The molecule has 17 heavy (non-hydrogen) atoms. The van der Waals surface area contributed by atoms with E-state index in [2.05, 4.69) is 43.8 Å². The van der Waals surface area contributed by atoms with Crippen molar-refractivity contribution >= 4 is 0 Å². The molecule has 2 rings (SSSR count). The van der Waals surface area contributed by atoms with Gasteiger partial charge in [-0.3, -0.25) is 0 Å². The highest BCUT2D eigenvalue weighted by Gasteiger charge is 2.26. The lowest BCUT2D eigenvalue weighted by Crippen LogP contribution is -2.46. The van der Waals surface area contributed by atoms with Gasteiger partial charge >= 0.3 is 0 Å². The van der Waals surface area contributed by atoms with Crippen LogP contribution in [-0.4, -0.2) is 23.3 Å². The maximum atomic E-state index is 5.42. The maximum absolute atomic E-state index is 5.42. The smallest absolute Gasteiger partial charge is 0.0483 e. The highest BCUT2D eigenvalue weighted by Crippen LogP contribution is 2.21. The second-order valence-corrected chi connectivity index (χ2v) is 5.48. The van der Waals surface area contributed by atoms with Crippen molar-refractivity contribution < 1.29 is 4.74 Å². The summed E-state index contributed by atoms with van der Waals surface area (Å²) in [6.45, 7) is 9.39. The van der Waals surface area contributed by atoms with Gasteiger partial charge in [-0.05, 0) is 45.2 Å². The van der Waals surface area contributed by atoms with Gasteiger partial charge in [0.15, 0.2) is 0 Å². The van der Waals surface area contributed by atoms with Crippen molar-refractivity contribution in [1.82, 2.24) is 9.88 Å². The second kappa shape index (κ2) is 4.83. The summed E-state index contributed by atoms with van der Waals surface area (Å²) in [6, 6.07) is 2.28. The summed E-state index contributed by atoms with van der Waals surface area (Å²) in [5, 5.41) is 3.70. The standard InChI is InChI=1S/C14H24N2O/c1-11-9-13(12(2)16(11)4)10-15-14(3)5-7-17-8-6-14/h9,15H,5-8,10H2,1-4H3. The van der Waals surface area contributed by atoms with E-state index >= 15 is 0 Å². The van der Waals surface area contributed by atoms with Crippen LogP contribution in [0.5, 0.6) is 0 Å². The van der Waals surface area contributed by atoms with Crippen LogP contribution in [0.1, 0.15) is 36.7 Å². The molecule has 0 aromatic carbocycles. The van der Waals surface area contributed by atoms with Crippen molar-refractivity contribution in [2.24, 2.45) is 7.05 Å². The van der Waals surface area contributed by atoms with Crippen LogP contribution in [0.25, 0.3) is 0 Å². The van der Waals surface area contributed by atoms with E-state index in [0.717, 1.165) is 32.6 Å². The largest absolute Gasteiger partial charge is 0.381 e. The molecule has 0 radical (unpaired) electrons. The summed E-state index contributed by atoms with van der Waals surface area (Å²) in [4.78, 5) is 0. The molecule has 1 aromatic heterocycles. The number of nitrogens with zero attached hydrogens (tertiary/aromatic N) is 1. The van der Waals surface area contributed by atoms with Crippen molar-refractivity contribution in [3.63, 3.8) is 0 Å². The average molecular weight is 236 g/mol. The second-order valence-electron chi connectivity index (χ2n) is 5.48. The monoisotopic (exact) mass is 236 g/mol. The molecule has 2 heterocycles. The van der Waals surface area contributed by atoms with Crippen LogP contribution in [0.2, 0.25) is 0 Å². The first-order valence-electron chi connectivity index (χ1n) is 6.46. The van der Waals surface area contributed by atoms with Crippen molar-refractivity contribution in [3.05, 3.63) is 23.0 Å². The first-order chi connectivity index (χ1) is 8.02. The molecule has 1 aromatic rings. The van der Waals surface area contributed by atoms with E-state index in [4.69, 9.17) is 4.74 Å². The van der Waals surface area contributed by atoms with Gasteiger partial charge in [-0.25, -0.2) is 0 Å². The van der Waals surface area contributed by atoms with Gasteiger partial charge in [0, 0.05) is 43.7 Å². The van der Waals surface area contributed by atoms with Gasteiger partial charge in [0.2, 0.25) is 0 Å². The molecule has 0 unspecified atom stereocenters. The minimum Gasteiger partial charge on any atom is -0.381 e. The number of rotatable bonds is 3. The van der Waals surface area contributed by atoms with E-state index in [1.807, 2.05) is 0 Å². The van der Waals surface area contributed by atoms with Crippen LogP contribution in [0, 0.1) is 13.8 Å². The Hall–Kier alpha value is -0.800. The lowest BCUT2D eigenvalue weighted by atomic mass is 9.92. The van der Waals surface area contributed by atoms with Gasteiger partial charge < -0.3 is 14.6 Å². The third-order valence-electron chi connectivity index (χ3n) is 4.18. The lowest BCUT2D eigenvalue weighted by molar-refractivity contribution is 0.0446. The van der Waals surface area contributed by atoms with Gasteiger partial charge in [-0.1, -0.05) is 0 Å². The first kappa shape index (κ1) is 12.7. The van der Waals surface area contributed by atoms with Crippen LogP contribution in [0.3, 0.4) is 0 Å². The third-order valence-corrected chi connectivity index (χ3v) is 4.18. The van der Waals surface area contributed by atoms with E-state index in [-0.39, 0.29) is 5.54 Å². The Balaban J connectivity index is 1.99. The van der Waals surface area contributed by atoms with Crippen molar-refractivity contribution in [2.45, 2.75) is 45.7 Å². The molecule has 3 heteroatoms. The average Bonchev–Trinajstić information content (AvgIpc) is 2.55. The Labute approximate surface area is 104 Å². The van der Waals surface area contributed by atoms with Gasteiger partial charge in [-0.2, -0.15) is 0 Å². The van der Waals surface area contributed by atoms with Crippen LogP contribution in [0.15, 0.2) is 6.07 Å². The summed E-state index contributed by atoms with van der Waals surface area (Å²) in [6.07, 6.45) is 2.22. The highest BCUT2D eigenvalue weighted by molar-refractivity contribution is 5.26. The van der Waals surface area contributed by atoms with Gasteiger partial charge in [0.25, 0.3) is 0 Å². The van der Waals surface area contributed by atoms with Gasteiger partial charge in [0.05, 0.1) is 0 Å². The van der Waals surface area contributed by atoms with Crippen LogP contribution < -0.4 is 5.32 Å². The molecule has 0 aliphatic carbocycles. The molecule has 1 fully saturated rings. The predicted octanol–water partition coefficient (Wildman–Crippen LogP) is 2.30. The first-order valence-corrected chi connectivity index (χ1v) is 6.46. The lowest BCUT2D eigenvalue weighted by Gasteiger charge is -2.34. The zero-order chi connectivity index (χ0) is 12.5. The molecule has 0 amide bonds. The number of hydrogen-bond acceptors (Lipinski definition) is 2. The van der Waals surface area contributed by atoms with E-state index in [1.165, 1.54) is 17.0 Å². The Bertz CT molecular complexity index is 389. The SMILES string of the molecule is Cc1cc(CNC2(C)CCOCC2)c(C)n1C. The fraction of sp³-hybridized carbons (Fsp3) is 0.714. The predicted molar refractivity (Wildman–Crippen MR) is 70.2 cm³/mol. The topological polar surface area (TPSA) is 26.2 Å². The summed E-state index contributed by atoms with van der Waals surface area (Å²) >= 11 is 0. The Kier molecular flexibility index (Phi) is 3.59. The van der Waals surface area contributed by atoms with E-state index in [0.29, 0.717) is 0 Å². The molecular formula is C14H24N2O. The normalized spacial score (nSPS) is 19.5. The van der Waals surface area contributed by atoms with Crippen LogP contribution in [-0.2, 0) is 18.3 Å². The third kappa shape index (κ3) is 2.72. The molecule has 1 N–H and O–H groups in total. The van der Waals surface area contributed by atoms with Gasteiger partial charge in [-0.15, -0.1) is 0 Å². The number of aromatic nitrogens is 1. The van der Waals surface area contributed by atoms with E-state index < -0.39 is 0 Å². The molecule has 1 aliphatic heterocycles. The molecule has 1 aliphatic rings. The zero-order valence-corrected chi connectivity index (χ0v) is 11.5. The molecule has 96 valence electrons. The maximum Gasteiger partial charge on any atom is 0.0483 e. The van der Waals surface area contributed by atoms with Crippen molar-refractivity contribution in [2.75, 3.05) is 13.2 Å². The molecule has 0 bridgehead atoms. The summed E-state index contributed by atoms with van der Waals surface area (Å²) in [5.41, 5.74) is 4.36. The number of nitrogens with one attached hydrogen (secondary N) is 1. The highest BCUT2D eigenvalue weighted by atomic mass is 16.5.